The van der Waals surface area contributed by atoms with E-state index in [0.717, 1.165) is 32.7 Å². The number of anilines is 1. The number of benzene rings is 1. The number of rotatable bonds is 4. The molecule has 102 valence electrons. The maximum Gasteiger partial charge on any atom is 0.177 e. The van der Waals surface area contributed by atoms with Crippen LogP contribution in [-0.4, -0.2) is 5.16 Å². The van der Waals surface area contributed by atoms with Gasteiger partial charge in [0.2, 0.25) is 0 Å². The number of hydrogen-bond donors (Lipinski definition) is 1. The van der Waals surface area contributed by atoms with Crippen LogP contribution in [0.25, 0.3) is 10.6 Å². The summed E-state index contributed by atoms with van der Waals surface area (Å²) in [4.78, 5) is 2.18. The summed E-state index contributed by atoms with van der Waals surface area (Å²) >= 11 is 3.32. The maximum absolute atomic E-state index is 6.00. The van der Waals surface area contributed by atoms with Gasteiger partial charge in [0, 0.05) is 22.4 Å². The van der Waals surface area contributed by atoms with E-state index in [1.54, 1.807) is 23.1 Å². The molecular weight excluding hydrogens is 288 g/mol. The van der Waals surface area contributed by atoms with Gasteiger partial charge >= 0.3 is 0 Å². The van der Waals surface area contributed by atoms with E-state index in [9.17, 15) is 0 Å². The van der Waals surface area contributed by atoms with Gasteiger partial charge in [0.15, 0.2) is 5.76 Å². The lowest BCUT2D eigenvalue weighted by Crippen LogP contribution is -1.90. The Hall–Kier alpha value is -1.72. The largest absolute Gasteiger partial charge is 0.398 e. The number of nitrogens with zero attached hydrogens (tertiary/aromatic N) is 1. The van der Waals surface area contributed by atoms with E-state index in [4.69, 9.17) is 10.3 Å². The van der Waals surface area contributed by atoms with Gasteiger partial charge in [-0.3, -0.25) is 0 Å². The molecule has 0 aliphatic heterocycles. The molecule has 0 atom stereocenters. The molecule has 5 heteroatoms. The Kier molecular flexibility index (Phi) is 3.80. The van der Waals surface area contributed by atoms with Crippen LogP contribution in [0.1, 0.15) is 11.3 Å². The quantitative estimate of drug-likeness (QED) is 0.566. The highest BCUT2D eigenvalue weighted by molar-refractivity contribution is 7.98. The molecule has 3 rings (SSSR count). The third kappa shape index (κ3) is 2.89. The van der Waals surface area contributed by atoms with Crippen molar-refractivity contribution >= 4 is 28.8 Å². The molecule has 2 heterocycles. The van der Waals surface area contributed by atoms with Crippen molar-refractivity contribution in [2.75, 3.05) is 5.73 Å². The number of thioether (sulfide) groups is 1. The molecule has 0 fully saturated rings. The second-order valence-corrected chi connectivity index (χ2v) is 6.45. The van der Waals surface area contributed by atoms with Gasteiger partial charge in [-0.15, -0.1) is 23.1 Å². The standard InChI is InChI=1S/C15H14N2OS2/c1-10-4-5-14(12(16)7-10)20-9-11-8-13(18-17-11)15-3-2-6-19-15/h2-8H,9,16H2,1H3. The second kappa shape index (κ2) is 5.73. The first-order valence-corrected chi connectivity index (χ1v) is 8.07. The molecule has 0 saturated heterocycles. The highest BCUT2D eigenvalue weighted by Gasteiger charge is 2.08. The molecule has 0 aliphatic carbocycles. The zero-order chi connectivity index (χ0) is 13.9. The van der Waals surface area contributed by atoms with E-state index in [1.165, 1.54) is 5.56 Å². The minimum atomic E-state index is 0.752. The monoisotopic (exact) mass is 302 g/mol. The van der Waals surface area contributed by atoms with Gasteiger partial charge in [-0.2, -0.15) is 0 Å². The summed E-state index contributed by atoms with van der Waals surface area (Å²) in [6.45, 7) is 2.04. The fraction of sp³-hybridized carbons (Fsp3) is 0.133. The molecule has 0 radical (unpaired) electrons. The van der Waals surface area contributed by atoms with Crippen molar-refractivity contribution < 1.29 is 4.52 Å². The fourth-order valence-corrected chi connectivity index (χ4v) is 3.37. The summed E-state index contributed by atoms with van der Waals surface area (Å²) < 4.78 is 5.36. The number of aromatic nitrogens is 1. The Morgan fingerprint density at radius 3 is 2.95 bits per heavy atom. The highest BCUT2D eigenvalue weighted by atomic mass is 32.2. The average Bonchev–Trinajstić information content (AvgIpc) is 3.08. The topological polar surface area (TPSA) is 52.0 Å². The number of nitrogens with two attached hydrogens (primary N) is 1. The predicted molar refractivity (Wildman–Crippen MR) is 85.0 cm³/mol. The lowest BCUT2D eigenvalue weighted by Gasteiger charge is -2.04. The number of aryl methyl sites for hydroxylation is 1. The molecule has 20 heavy (non-hydrogen) atoms. The van der Waals surface area contributed by atoms with E-state index in [2.05, 4.69) is 17.3 Å². The minimum absolute atomic E-state index is 0.752. The van der Waals surface area contributed by atoms with Gasteiger partial charge in [-0.1, -0.05) is 17.3 Å². The van der Waals surface area contributed by atoms with Gasteiger partial charge < -0.3 is 10.3 Å². The summed E-state index contributed by atoms with van der Waals surface area (Å²) in [5.41, 5.74) is 8.92. The Morgan fingerprint density at radius 2 is 2.20 bits per heavy atom. The summed E-state index contributed by atoms with van der Waals surface area (Å²) in [6.07, 6.45) is 0. The van der Waals surface area contributed by atoms with Crippen molar-refractivity contribution in [3.63, 3.8) is 0 Å². The molecule has 0 amide bonds. The predicted octanol–water partition coefficient (Wildman–Crippen LogP) is 4.59. The van der Waals surface area contributed by atoms with Crippen LogP contribution >= 0.6 is 23.1 Å². The van der Waals surface area contributed by atoms with Gasteiger partial charge in [0.25, 0.3) is 0 Å². The van der Waals surface area contributed by atoms with Gasteiger partial charge in [0.05, 0.1) is 10.6 Å². The third-order valence-electron chi connectivity index (χ3n) is 2.86. The molecule has 3 aromatic rings. The third-order valence-corrected chi connectivity index (χ3v) is 4.87. The highest BCUT2D eigenvalue weighted by Crippen LogP contribution is 2.30. The summed E-state index contributed by atoms with van der Waals surface area (Å²) in [7, 11) is 0. The van der Waals surface area contributed by atoms with Crippen molar-refractivity contribution in [2.24, 2.45) is 0 Å². The van der Waals surface area contributed by atoms with E-state index >= 15 is 0 Å². The number of nitrogen functional groups attached to an aromatic ring is 1. The van der Waals surface area contributed by atoms with Gasteiger partial charge in [-0.05, 0) is 36.1 Å². The lowest BCUT2D eigenvalue weighted by molar-refractivity contribution is 0.427. The van der Waals surface area contributed by atoms with Crippen molar-refractivity contribution in [1.82, 2.24) is 5.16 Å². The molecule has 1 aromatic carbocycles. The van der Waals surface area contributed by atoms with Crippen LogP contribution in [0.3, 0.4) is 0 Å². The maximum atomic E-state index is 6.00. The van der Waals surface area contributed by atoms with Crippen molar-refractivity contribution in [3.8, 4) is 10.6 Å². The first kappa shape index (κ1) is 13.3. The Bertz CT molecular complexity index is 704. The molecule has 0 aliphatic rings. The van der Waals surface area contributed by atoms with E-state index in [-0.39, 0.29) is 0 Å². The van der Waals surface area contributed by atoms with Crippen molar-refractivity contribution in [3.05, 3.63) is 53.0 Å². The van der Waals surface area contributed by atoms with E-state index in [0.29, 0.717) is 0 Å². The van der Waals surface area contributed by atoms with Crippen LogP contribution in [0.2, 0.25) is 0 Å². The lowest BCUT2D eigenvalue weighted by atomic mass is 10.2. The van der Waals surface area contributed by atoms with Gasteiger partial charge in [0.1, 0.15) is 0 Å². The molecule has 0 bridgehead atoms. The molecule has 0 saturated carbocycles. The summed E-state index contributed by atoms with van der Waals surface area (Å²) in [5.74, 6) is 1.58. The van der Waals surface area contributed by atoms with Crippen LogP contribution in [0.15, 0.2) is 51.2 Å². The molecule has 2 N–H and O–H groups in total. The Labute approximate surface area is 125 Å². The smallest absolute Gasteiger partial charge is 0.177 e. The molecule has 0 spiro atoms. The van der Waals surface area contributed by atoms with E-state index in [1.807, 2.05) is 36.6 Å². The molecular formula is C15H14N2OS2. The molecule has 3 nitrogen and oxygen atoms in total. The Balaban J connectivity index is 1.70. The van der Waals surface area contributed by atoms with Crippen LogP contribution in [-0.2, 0) is 5.75 Å². The minimum Gasteiger partial charge on any atom is -0.398 e. The zero-order valence-corrected chi connectivity index (χ0v) is 12.6. The normalized spacial score (nSPS) is 10.8. The molecule has 0 unspecified atom stereocenters. The first-order chi connectivity index (χ1) is 9.72. The summed E-state index contributed by atoms with van der Waals surface area (Å²) in [6, 6.07) is 12.1. The van der Waals surface area contributed by atoms with Crippen LogP contribution in [0.4, 0.5) is 5.69 Å². The molecule has 2 aromatic heterocycles. The first-order valence-electron chi connectivity index (χ1n) is 6.21. The van der Waals surface area contributed by atoms with Crippen LogP contribution in [0, 0.1) is 6.92 Å². The Morgan fingerprint density at radius 1 is 1.30 bits per heavy atom. The number of hydrogen-bond acceptors (Lipinski definition) is 5. The fourth-order valence-electron chi connectivity index (χ4n) is 1.87. The van der Waals surface area contributed by atoms with E-state index < -0.39 is 0 Å². The summed E-state index contributed by atoms with van der Waals surface area (Å²) in [5, 5.41) is 6.13. The second-order valence-electron chi connectivity index (χ2n) is 4.49. The van der Waals surface area contributed by atoms with Gasteiger partial charge in [-0.25, -0.2) is 0 Å². The van der Waals surface area contributed by atoms with Crippen LogP contribution < -0.4 is 5.73 Å². The zero-order valence-electron chi connectivity index (χ0n) is 11.0. The average molecular weight is 302 g/mol. The number of thiophene rings is 1. The SMILES string of the molecule is Cc1ccc(SCc2cc(-c3cccs3)on2)c(N)c1. The van der Waals surface area contributed by atoms with Crippen molar-refractivity contribution in [2.45, 2.75) is 17.6 Å². The van der Waals surface area contributed by atoms with Crippen LogP contribution in [0.5, 0.6) is 0 Å². The van der Waals surface area contributed by atoms with Crippen molar-refractivity contribution in [1.29, 1.82) is 0 Å².